The monoisotopic (exact) mass is 263 g/mol. The van der Waals surface area contributed by atoms with Crippen molar-refractivity contribution in [3.05, 3.63) is 41.2 Å². The van der Waals surface area contributed by atoms with E-state index in [-0.39, 0.29) is 0 Å². The zero-order chi connectivity index (χ0) is 13.0. The van der Waals surface area contributed by atoms with Crippen molar-refractivity contribution in [2.75, 3.05) is 12.3 Å². The van der Waals surface area contributed by atoms with Crippen molar-refractivity contribution < 1.29 is 4.74 Å². The van der Waals surface area contributed by atoms with Crippen molar-refractivity contribution in [1.82, 2.24) is 9.97 Å². The van der Waals surface area contributed by atoms with Gasteiger partial charge in [-0.1, -0.05) is 23.7 Å². The Kier molecular flexibility index (Phi) is 4.12. The van der Waals surface area contributed by atoms with Crippen LogP contribution < -0.4 is 5.73 Å². The van der Waals surface area contributed by atoms with Gasteiger partial charge in [0.15, 0.2) is 5.82 Å². The molecule has 0 amide bonds. The summed E-state index contributed by atoms with van der Waals surface area (Å²) in [6, 6.07) is 9.18. The van der Waals surface area contributed by atoms with E-state index in [1.165, 1.54) is 0 Å². The Balaban J connectivity index is 2.35. The number of halogens is 1. The van der Waals surface area contributed by atoms with Crippen molar-refractivity contribution in [3.8, 4) is 11.3 Å². The summed E-state index contributed by atoms with van der Waals surface area (Å²) in [4.78, 5) is 8.54. The Hall–Kier alpha value is -1.65. The number of rotatable bonds is 4. The third-order valence-electron chi connectivity index (χ3n) is 2.35. The van der Waals surface area contributed by atoms with Crippen molar-refractivity contribution in [2.24, 2.45) is 0 Å². The normalized spacial score (nSPS) is 10.6. The van der Waals surface area contributed by atoms with E-state index in [0.29, 0.717) is 29.9 Å². The quantitative estimate of drug-likeness (QED) is 0.921. The van der Waals surface area contributed by atoms with Gasteiger partial charge in [-0.3, -0.25) is 0 Å². The molecule has 0 saturated carbocycles. The SMILES string of the molecule is CCOCc1nc(N)cc(-c2cccc(Cl)c2)n1. The van der Waals surface area contributed by atoms with E-state index in [4.69, 9.17) is 22.1 Å². The second kappa shape index (κ2) is 5.80. The van der Waals surface area contributed by atoms with Crippen molar-refractivity contribution >= 4 is 17.4 Å². The highest BCUT2D eigenvalue weighted by Gasteiger charge is 2.05. The van der Waals surface area contributed by atoms with Crippen LogP contribution in [0.1, 0.15) is 12.7 Å². The lowest BCUT2D eigenvalue weighted by Gasteiger charge is -2.06. The number of hydrogen-bond acceptors (Lipinski definition) is 4. The fraction of sp³-hybridized carbons (Fsp3) is 0.231. The maximum absolute atomic E-state index is 5.96. The zero-order valence-electron chi connectivity index (χ0n) is 10.1. The van der Waals surface area contributed by atoms with Gasteiger partial charge in [0.25, 0.3) is 0 Å². The van der Waals surface area contributed by atoms with Crippen LogP contribution in [-0.4, -0.2) is 16.6 Å². The summed E-state index contributed by atoms with van der Waals surface area (Å²) in [6.07, 6.45) is 0. The fourth-order valence-corrected chi connectivity index (χ4v) is 1.76. The molecule has 0 saturated heterocycles. The minimum Gasteiger partial charge on any atom is -0.384 e. The van der Waals surface area contributed by atoms with Gasteiger partial charge in [0.1, 0.15) is 12.4 Å². The van der Waals surface area contributed by atoms with Crippen LogP contribution in [0.2, 0.25) is 5.02 Å². The van der Waals surface area contributed by atoms with E-state index in [0.717, 1.165) is 11.3 Å². The topological polar surface area (TPSA) is 61.0 Å². The lowest BCUT2D eigenvalue weighted by atomic mass is 10.1. The molecule has 0 aliphatic carbocycles. The van der Waals surface area contributed by atoms with Crippen LogP contribution in [0.25, 0.3) is 11.3 Å². The Morgan fingerprint density at radius 3 is 2.83 bits per heavy atom. The highest BCUT2D eigenvalue weighted by atomic mass is 35.5. The Labute approximate surface area is 111 Å². The fourth-order valence-electron chi connectivity index (χ4n) is 1.57. The molecule has 0 radical (unpaired) electrons. The van der Waals surface area contributed by atoms with Crippen LogP contribution in [0.4, 0.5) is 5.82 Å². The Morgan fingerprint density at radius 1 is 1.28 bits per heavy atom. The molecule has 2 N–H and O–H groups in total. The van der Waals surface area contributed by atoms with Gasteiger partial charge < -0.3 is 10.5 Å². The highest BCUT2D eigenvalue weighted by molar-refractivity contribution is 6.30. The van der Waals surface area contributed by atoms with Gasteiger partial charge in [-0.2, -0.15) is 0 Å². The van der Waals surface area contributed by atoms with Gasteiger partial charge in [0, 0.05) is 23.3 Å². The van der Waals surface area contributed by atoms with E-state index in [1.54, 1.807) is 6.07 Å². The van der Waals surface area contributed by atoms with Crippen LogP contribution in [0, 0.1) is 0 Å². The highest BCUT2D eigenvalue weighted by Crippen LogP contribution is 2.22. The van der Waals surface area contributed by atoms with Crippen molar-refractivity contribution in [1.29, 1.82) is 0 Å². The molecule has 2 aromatic rings. The van der Waals surface area contributed by atoms with Gasteiger partial charge in [0.2, 0.25) is 0 Å². The summed E-state index contributed by atoms with van der Waals surface area (Å²) in [6.45, 7) is 2.89. The maximum atomic E-state index is 5.96. The van der Waals surface area contributed by atoms with Crippen LogP contribution in [0.3, 0.4) is 0 Å². The largest absolute Gasteiger partial charge is 0.384 e. The average molecular weight is 264 g/mol. The van der Waals surface area contributed by atoms with E-state index in [9.17, 15) is 0 Å². The number of benzene rings is 1. The first-order valence-corrected chi connectivity index (χ1v) is 6.04. The molecule has 5 heteroatoms. The second-order valence-corrected chi connectivity index (χ2v) is 4.18. The molecule has 1 heterocycles. The van der Waals surface area contributed by atoms with Crippen LogP contribution in [0.5, 0.6) is 0 Å². The maximum Gasteiger partial charge on any atom is 0.157 e. The molecule has 0 bridgehead atoms. The summed E-state index contributed by atoms with van der Waals surface area (Å²) in [7, 11) is 0. The van der Waals surface area contributed by atoms with Crippen molar-refractivity contribution in [3.63, 3.8) is 0 Å². The van der Waals surface area contributed by atoms with Crippen molar-refractivity contribution in [2.45, 2.75) is 13.5 Å². The number of hydrogen-bond donors (Lipinski definition) is 1. The first kappa shape index (κ1) is 12.8. The number of nitrogens with zero attached hydrogens (tertiary/aromatic N) is 2. The van der Waals surface area contributed by atoms with E-state index >= 15 is 0 Å². The molecule has 0 aliphatic heterocycles. The first-order valence-electron chi connectivity index (χ1n) is 5.66. The van der Waals surface area contributed by atoms with E-state index < -0.39 is 0 Å². The van der Waals surface area contributed by atoms with Gasteiger partial charge in [-0.05, 0) is 19.1 Å². The second-order valence-electron chi connectivity index (χ2n) is 3.74. The predicted molar refractivity (Wildman–Crippen MR) is 72.2 cm³/mol. The minimum atomic E-state index is 0.356. The first-order chi connectivity index (χ1) is 8.69. The molecule has 0 unspecified atom stereocenters. The number of aromatic nitrogens is 2. The summed E-state index contributed by atoms with van der Waals surface area (Å²) >= 11 is 5.96. The van der Waals surface area contributed by atoms with Crippen LogP contribution in [0.15, 0.2) is 30.3 Å². The smallest absolute Gasteiger partial charge is 0.157 e. The standard InChI is InChI=1S/C13H14ClN3O/c1-2-18-8-13-16-11(7-12(15)17-13)9-4-3-5-10(14)6-9/h3-7H,2,8H2,1H3,(H2,15,16,17). The molecular formula is C13H14ClN3O. The summed E-state index contributed by atoms with van der Waals surface area (Å²) < 4.78 is 5.28. The summed E-state index contributed by atoms with van der Waals surface area (Å²) in [5.41, 5.74) is 7.43. The molecule has 0 atom stereocenters. The number of nitrogen functional groups attached to an aromatic ring is 1. The molecule has 0 aliphatic rings. The molecule has 18 heavy (non-hydrogen) atoms. The molecule has 0 spiro atoms. The van der Waals surface area contributed by atoms with Gasteiger partial charge in [-0.15, -0.1) is 0 Å². The molecule has 2 rings (SSSR count). The molecule has 1 aromatic heterocycles. The summed E-state index contributed by atoms with van der Waals surface area (Å²) in [5, 5.41) is 0.663. The van der Waals surface area contributed by atoms with Crippen LogP contribution in [-0.2, 0) is 11.3 Å². The third-order valence-corrected chi connectivity index (χ3v) is 2.58. The van der Waals surface area contributed by atoms with Gasteiger partial charge in [-0.25, -0.2) is 9.97 Å². The van der Waals surface area contributed by atoms with E-state index in [2.05, 4.69) is 9.97 Å². The summed E-state index contributed by atoms with van der Waals surface area (Å²) in [5.74, 6) is 1.00. The lowest BCUT2D eigenvalue weighted by molar-refractivity contribution is 0.128. The molecule has 1 aromatic carbocycles. The third kappa shape index (κ3) is 3.18. The number of anilines is 1. The zero-order valence-corrected chi connectivity index (χ0v) is 10.8. The number of nitrogens with two attached hydrogens (primary N) is 1. The molecular weight excluding hydrogens is 250 g/mol. The molecule has 4 nitrogen and oxygen atoms in total. The van der Waals surface area contributed by atoms with E-state index in [1.807, 2.05) is 31.2 Å². The van der Waals surface area contributed by atoms with Crippen LogP contribution >= 0.6 is 11.6 Å². The van der Waals surface area contributed by atoms with Gasteiger partial charge >= 0.3 is 0 Å². The minimum absolute atomic E-state index is 0.356. The predicted octanol–water partition coefficient (Wildman–Crippen LogP) is 2.92. The molecule has 94 valence electrons. The molecule has 0 fully saturated rings. The Bertz CT molecular complexity index is 546. The van der Waals surface area contributed by atoms with Gasteiger partial charge in [0.05, 0.1) is 5.69 Å². The average Bonchev–Trinajstić information content (AvgIpc) is 2.36. The Morgan fingerprint density at radius 2 is 2.11 bits per heavy atom. The lowest BCUT2D eigenvalue weighted by Crippen LogP contribution is -2.03. The number of ether oxygens (including phenoxy) is 1.